The summed E-state index contributed by atoms with van der Waals surface area (Å²) < 4.78 is 13.7. The Morgan fingerprint density at radius 3 is 2.27 bits per heavy atom. The molecule has 6 heteroatoms. The van der Waals surface area contributed by atoms with E-state index in [4.69, 9.17) is 0 Å². The van der Waals surface area contributed by atoms with Crippen LogP contribution in [-0.4, -0.2) is 17.1 Å². The molecule has 1 unspecified atom stereocenters. The summed E-state index contributed by atoms with van der Waals surface area (Å²) in [4.78, 5) is 25.2. The third-order valence-corrected chi connectivity index (χ3v) is 5.27. The number of benzene rings is 3. The highest BCUT2D eigenvalue weighted by atomic mass is 32.2. The van der Waals surface area contributed by atoms with Gasteiger partial charge in [0.1, 0.15) is 5.82 Å². The minimum Gasteiger partial charge on any atom is -0.323 e. The first-order chi connectivity index (χ1) is 14.5. The predicted octanol–water partition coefficient (Wildman–Crippen LogP) is 5.60. The highest BCUT2D eigenvalue weighted by molar-refractivity contribution is 8.00. The molecule has 0 aliphatic rings. The van der Waals surface area contributed by atoms with E-state index in [0.29, 0.717) is 5.69 Å². The largest absolute Gasteiger partial charge is 0.323 e. The third kappa shape index (κ3) is 6.32. The van der Waals surface area contributed by atoms with Crippen LogP contribution >= 0.6 is 11.8 Å². The van der Waals surface area contributed by atoms with Gasteiger partial charge in [-0.3, -0.25) is 9.59 Å². The number of carbonyl (C=O) groups is 2. The van der Waals surface area contributed by atoms with Crippen molar-refractivity contribution in [3.05, 3.63) is 96.3 Å². The Balaban J connectivity index is 1.52. The molecule has 0 bridgehead atoms. The van der Waals surface area contributed by atoms with Crippen molar-refractivity contribution in [2.45, 2.75) is 17.1 Å². The van der Waals surface area contributed by atoms with Crippen molar-refractivity contribution in [1.29, 1.82) is 0 Å². The first-order valence-corrected chi connectivity index (χ1v) is 10.3. The Morgan fingerprint density at radius 1 is 0.900 bits per heavy atom. The molecular formula is C24H21FN2O2S. The standard InChI is InChI=1S/C24H21FN2O2S/c1-17(24(29)27-22-10-6-5-9-21(22)25)30-20-14-12-19(13-15-20)26-23(28)16-11-18-7-3-2-4-8-18/h2-17H,1H3,(H,26,28)(H,27,29)/b16-11+. The molecular weight excluding hydrogens is 399 g/mol. The summed E-state index contributed by atoms with van der Waals surface area (Å²) in [6.07, 6.45) is 3.22. The molecule has 4 nitrogen and oxygen atoms in total. The number of para-hydroxylation sites is 1. The summed E-state index contributed by atoms with van der Waals surface area (Å²) in [5, 5.41) is 4.98. The first-order valence-electron chi connectivity index (χ1n) is 9.37. The smallest absolute Gasteiger partial charge is 0.248 e. The molecule has 152 valence electrons. The van der Waals surface area contributed by atoms with Crippen molar-refractivity contribution < 1.29 is 14.0 Å². The van der Waals surface area contributed by atoms with E-state index in [1.807, 2.05) is 42.5 Å². The third-order valence-electron chi connectivity index (χ3n) is 4.16. The molecule has 0 fully saturated rings. The van der Waals surface area contributed by atoms with Gasteiger partial charge in [-0.05, 0) is 55.0 Å². The molecule has 2 amide bonds. The maximum absolute atomic E-state index is 13.7. The average molecular weight is 421 g/mol. The van der Waals surface area contributed by atoms with E-state index in [9.17, 15) is 14.0 Å². The van der Waals surface area contributed by atoms with Crippen LogP contribution < -0.4 is 10.6 Å². The zero-order valence-electron chi connectivity index (χ0n) is 16.3. The second kappa shape index (κ2) is 10.4. The minimum atomic E-state index is -0.468. The van der Waals surface area contributed by atoms with Gasteiger partial charge >= 0.3 is 0 Å². The normalized spacial score (nSPS) is 11.8. The SMILES string of the molecule is CC(Sc1ccc(NC(=O)/C=C/c2ccccc2)cc1)C(=O)Nc1ccccc1F. The van der Waals surface area contributed by atoms with Gasteiger partial charge in [-0.25, -0.2) is 4.39 Å². The lowest BCUT2D eigenvalue weighted by molar-refractivity contribution is -0.115. The van der Waals surface area contributed by atoms with Crippen LogP contribution in [0.1, 0.15) is 12.5 Å². The Labute approximate surface area is 179 Å². The van der Waals surface area contributed by atoms with Crippen LogP contribution in [0.5, 0.6) is 0 Å². The molecule has 3 aromatic rings. The lowest BCUT2D eigenvalue weighted by atomic mass is 10.2. The van der Waals surface area contributed by atoms with E-state index >= 15 is 0 Å². The number of nitrogens with one attached hydrogen (secondary N) is 2. The van der Waals surface area contributed by atoms with Gasteiger partial charge in [0, 0.05) is 16.7 Å². The molecule has 0 aliphatic carbocycles. The maximum atomic E-state index is 13.7. The molecule has 30 heavy (non-hydrogen) atoms. The Bertz CT molecular complexity index is 1040. The summed E-state index contributed by atoms with van der Waals surface area (Å²) in [7, 11) is 0. The minimum absolute atomic E-state index is 0.163. The van der Waals surface area contributed by atoms with Gasteiger partial charge in [-0.1, -0.05) is 42.5 Å². The van der Waals surface area contributed by atoms with Crippen molar-refractivity contribution in [2.24, 2.45) is 0 Å². The molecule has 0 radical (unpaired) electrons. The van der Waals surface area contributed by atoms with E-state index in [0.717, 1.165) is 10.5 Å². The topological polar surface area (TPSA) is 58.2 Å². The van der Waals surface area contributed by atoms with Crippen molar-refractivity contribution in [2.75, 3.05) is 10.6 Å². The monoisotopic (exact) mass is 420 g/mol. The summed E-state index contributed by atoms with van der Waals surface area (Å²) in [5.74, 6) is -0.977. The van der Waals surface area contributed by atoms with E-state index in [2.05, 4.69) is 10.6 Å². The van der Waals surface area contributed by atoms with Crippen LogP contribution in [-0.2, 0) is 9.59 Å². The predicted molar refractivity (Wildman–Crippen MR) is 121 cm³/mol. The molecule has 0 saturated carbocycles. The second-order valence-corrected chi connectivity index (χ2v) is 7.90. The fourth-order valence-corrected chi connectivity index (χ4v) is 3.46. The molecule has 2 N–H and O–H groups in total. The number of anilines is 2. The fraction of sp³-hybridized carbons (Fsp3) is 0.0833. The molecule has 3 rings (SSSR count). The number of hydrogen-bond donors (Lipinski definition) is 2. The number of rotatable bonds is 7. The summed E-state index contributed by atoms with van der Waals surface area (Å²) in [6, 6.07) is 22.8. The van der Waals surface area contributed by atoms with Crippen LogP contribution in [0.2, 0.25) is 0 Å². The number of halogens is 1. The highest BCUT2D eigenvalue weighted by Crippen LogP contribution is 2.26. The zero-order chi connectivity index (χ0) is 21.3. The summed E-state index contributed by atoms with van der Waals surface area (Å²) in [5.41, 5.74) is 1.77. The lowest BCUT2D eigenvalue weighted by Crippen LogP contribution is -2.22. The first kappa shape index (κ1) is 21.3. The zero-order valence-corrected chi connectivity index (χ0v) is 17.2. The molecule has 1 atom stereocenters. The van der Waals surface area contributed by atoms with Crippen molar-refractivity contribution >= 4 is 41.0 Å². The summed E-state index contributed by atoms with van der Waals surface area (Å²) >= 11 is 1.35. The molecule has 0 aromatic heterocycles. The fourth-order valence-electron chi connectivity index (χ4n) is 2.59. The molecule has 0 aliphatic heterocycles. The van der Waals surface area contributed by atoms with Crippen LogP contribution in [0, 0.1) is 5.82 Å². The number of thioether (sulfide) groups is 1. The quantitative estimate of drug-likeness (QED) is 0.387. The van der Waals surface area contributed by atoms with E-state index in [-0.39, 0.29) is 17.5 Å². The Morgan fingerprint density at radius 2 is 1.57 bits per heavy atom. The van der Waals surface area contributed by atoms with Gasteiger partial charge in [0.25, 0.3) is 0 Å². The molecule has 0 saturated heterocycles. The number of amides is 2. The van der Waals surface area contributed by atoms with Crippen LogP contribution in [0.4, 0.5) is 15.8 Å². The Kier molecular flexibility index (Phi) is 7.40. The van der Waals surface area contributed by atoms with E-state index in [1.165, 1.54) is 30.0 Å². The van der Waals surface area contributed by atoms with Gasteiger partial charge in [-0.15, -0.1) is 11.8 Å². The van der Waals surface area contributed by atoms with Crippen molar-refractivity contribution in [3.63, 3.8) is 0 Å². The maximum Gasteiger partial charge on any atom is 0.248 e. The highest BCUT2D eigenvalue weighted by Gasteiger charge is 2.16. The number of carbonyl (C=O) groups excluding carboxylic acids is 2. The lowest BCUT2D eigenvalue weighted by Gasteiger charge is -2.13. The van der Waals surface area contributed by atoms with Gasteiger partial charge in [0.15, 0.2) is 0 Å². The molecule has 3 aromatic carbocycles. The van der Waals surface area contributed by atoms with Crippen LogP contribution in [0.3, 0.4) is 0 Å². The molecule has 0 heterocycles. The van der Waals surface area contributed by atoms with Gasteiger partial charge in [-0.2, -0.15) is 0 Å². The number of hydrogen-bond acceptors (Lipinski definition) is 3. The van der Waals surface area contributed by atoms with E-state index < -0.39 is 11.1 Å². The second-order valence-electron chi connectivity index (χ2n) is 6.49. The van der Waals surface area contributed by atoms with E-state index in [1.54, 1.807) is 37.3 Å². The van der Waals surface area contributed by atoms with Crippen molar-refractivity contribution in [3.8, 4) is 0 Å². The summed E-state index contributed by atoms with van der Waals surface area (Å²) in [6.45, 7) is 1.75. The van der Waals surface area contributed by atoms with Crippen LogP contribution in [0.15, 0.2) is 89.8 Å². The average Bonchev–Trinajstić information content (AvgIpc) is 2.76. The van der Waals surface area contributed by atoms with Gasteiger partial charge in [0.05, 0.1) is 10.9 Å². The molecule has 0 spiro atoms. The van der Waals surface area contributed by atoms with Crippen molar-refractivity contribution in [1.82, 2.24) is 0 Å². The van der Waals surface area contributed by atoms with Crippen LogP contribution in [0.25, 0.3) is 6.08 Å². The van der Waals surface area contributed by atoms with Gasteiger partial charge < -0.3 is 10.6 Å². The van der Waals surface area contributed by atoms with Gasteiger partial charge in [0.2, 0.25) is 11.8 Å². The Hall–Kier alpha value is -3.38.